The molecule has 3 rings (SSSR count). The number of ether oxygens (including phenoxy) is 3. The number of pyridine rings is 1. The summed E-state index contributed by atoms with van der Waals surface area (Å²) in [5.74, 6) is -1.41. The zero-order valence-electron chi connectivity index (χ0n) is 21.9. The van der Waals surface area contributed by atoms with Crippen molar-refractivity contribution in [3.63, 3.8) is 0 Å². The zero-order chi connectivity index (χ0) is 26.9. The van der Waals surface area contributed by atoms with E-state index in [1.165, 1.54) is 31.5 Å². The van der Waals surface area contributed by atoms with E-state index in [9.17, 15) is 19.1 Å². The van der Waals surface area contributed by atoms with E-state index in [-0.39, 0.29) is 42.3 Å². The quantitative estimate of drug-likeness (QED) is 0.475. The standard InChI is InChI=1S/C28H37FN2O6/c1-17(2)5-11-21-18(3)37-28(34)22(31-27(33)25-26(32)24(35-4)13-15-30-25)14-16-36-23(21)12-8-19-6-9-20(29)10-7-19/h6-7,9-10,13,15,17-18,21-23,32H,5,8,11-12,14,16H2,1-4H3,(H,31,33)/t18-,21-,22-,23+/m0/s1. The predicted octanol–water partition coefficient (Wildman–Crippen LogP) is 4.44. The minimum atomic E-state index is -0.969. The number of halogens is 1. The van der Waals surface area contributed by atoms with Crippen molar-refractivity contribution < 1.29 is 33.3 Å². The van der Waals surface area contributed by atoms with Gasteiger partial charge in [-0.05, 0) is 49.8 Å². The van der Waals surface area contributed by atoms with Crippen LogP contribution in [0.4, 0.5) is 4.39 Å². The number of aromatic nitrogens is 1. The molecule has 1 saturated heterocycles. The molecule has 0 unspecified atom stereocenters. The van der Waals surface area contributed by atoms with Crippen LogP contribution < -0.4 is 10.1 Å². The third-order valence-corrected chi connectivity index (χ3v) is 6.74. The van der Waals surface area contributed by atoms with E-state index in [0.717, 1.165) is 18.4 Å². The normalized spacial score (nSPS) is 22.5. The van der Waals surface area contributed by atoms with Gasteiger partial charge in [-0.1, -0.05) is 32.4 Å². The molecule has 202 valence electrons. The number of hydrogen-bond acceptors (Lipinski definition) is 7. The first kappa shape index (κ1) is 28.4. The summed E-state index contributed by atoms with van der Waals surface area (Å²) in [6.07, 6.45) is 4.08. The maximum absolute atomic E-state index is 13.3. The van der Waals surface area contributed by atoms with Gasteiger partial charge in [0.15, 0.2) is 17.2 Å². The molecular formula is C28H37FN2O6. The van der Waals surface area contributed by atoms with E-state index in [2.05, 4.69) is 24.1 Å². The van der Waals surface area contributed by atoms with Gasteiger partial charge in [-0.15, -0.1) is 0 Å². The van der Waals surface area contributed by atoms with Crippen LogP contribution in [-0.2, 0) is 20.7 Å². The molecule has 4 atom stereocenters. The number of nitrogens with zero attached hydrogens (tertiary/aromatic N) is 1. The third kappa shape index (κ3) is 7.89. The Hall–Kier alpha value is -3.20. The number of aromatic hydroxyl groups is 1. The SMILES string of the molecule is COc1ccnc(C(=O)N[C@H]2CCO[C@H](CCc3ccc(F)cc3)[C@@H](CCC(C)C)[C@H](C)OC2=O)c1O. The van der Waals surface area contributed by atoms with Crippen LogP contribution in [0.2, 0.25) is 0 Å². The van der Waals surface area contributed by atoms with Crippen molar-refractivity contribution >= 4 is 11.9 Å². The van der Waals surface area contributed by atoms with Crippen molar-refractivity contribution in [1.82, 2.24) is 10.3 Å². The molecule has 1 amide bonds. The first-order chi connectivity index (χ1) is 17.7. The lowest BCUT2D eigenvalue weighted by molar-refractivity contribution is -0.154. The molecule has 1 aliphatic rings. The minimum Gasteiger partial charge on any atom is -0.503 e. The predicted molar refractivity (Wildman–Crippen MR) is 136 cm³/mol. The highest BCUT2D eigenvalue weighted by molar-refractivity contribution is 5.97. The van der Waals surface area contributed by atoms with E-state index in [4.69, 9.17) is 14.2 Å². The molecule has 2 aromatic rings. The number of rotatable bonds is 9. The van der Waals surface area contributed by atoms with E-state index in [0.29, 0.717) is 18.8 Å². The Labute approximate surface area is 217 Å². The Bertz CT molecular complexity index is 1050. The van der Waals surface area contributed by atoms with E-state index >= 15 is 0 Å². The molecule has 0 spiro atoms. The molecule has 1 aromatic carbocycles. The topological polar surface area (TPSA) is 107 Å². The van der Waals surface area contributed by atoms with Crippen LogP contribution in [-0.4, -0.2) is 53.9 Å². The summed E-state index contributed by atoms with van der Waals surface area (Å²) in [5, 5.41) is 12.9. The summed E-state index contributed by atoms with van der Waals surface area (Å²) < 4.78 is 30.5. The number of methoxy groups -OCH3 is 1. The second-order valence-corrected chi connectivity index (χ2v) is 9.88. The molecule has 1 aromatic heterocycles. The van der Waals surface area contributed by atoms with Gasteiger partial charge in [0, 0.05) is 31.2 Å². The van der Waals surface area contributed by atoms with Gasteiger partial charge in [0.25, 0.3) is 5.91 Å². The van der Waals surface area contributed by atoms with Crippen molar-refractivity contribution in [2.24, 2.45) is 11.8 Å². The van der Waals surface area contributed by atoms with Crippen LogP contribution in [0.15, 0.2) is 36.5 Å². The monoisotopic (exact) mass is 516 g/mol. The Morgan fingerprint density at radius 2 is 1.97 bits per heavy atom. The van der Waals surface area contributed by atoms with Gasteiger partial charge in [0.05, 0.1) is 13.2 Å². The molecule has 0 radical (unpaired) electrons. The van der Waals surface area contributed by atoms with Crippen LogP contribution >= 0.6 is 0 Å². The number of cyclic esters (lactones) is 1. The number of aryl methyl sites for hydroxylation is 1. The van der Waals surface area contributed by atoms with E-state index < -0.39 is 29.8 Å². The number of benzene rings is 1. The van der Waals surface area contributed by atoms with Gasteiger partial charge < -0.3 is 24.6 Å². The molecule has 9 heteroatoms. The lowest BCUT2D eigenvalue weighted by atomic mass is 9.86. The third-order valence-electron chi connectivity index (χ3n) is 6.74. The highest BCUT2D eigenvalue weighted by Gasteiger charge is 2.35. The van der Waals surface area contributed by atoms with Crippen molar-refractivity contribution in [2.45, 2.75) is 71.1 Å². The smallest absolute Gasteiger partial charge is 0.329 e. The second kappa shape index (κ2) is 13.4. The molecule has 1 fully saturated rings. The van der Waals surface area contributed by atoms with Gasteiger partial charge in [0.1, 0.15) is 18.0 Å². The molecule has 8 nitrogen and oxygen atoms in total. The van der Waals surface area contributed by atoms with Gasteiger partial charge in [-0.25, -0.2) is 14.2 Å². The lowest BCUT2D eigenvalue weighted by Crippen LogP contribution is -2.44. The minimum absolute atomic E-state index is 0.0367. The first-order valence-electron chi connectivity index (χ1n) is 12.8. The average molecular weight is 517 g/mol. The highest BCUT2D eigenvalue weighted by atomic mass is 19.1. The van der Waals surface area contributed by atoms with Gasteiger partial charge >= 0.3 is 5.97 Å². The van der Waals surface area contributed by atoms with Crippen molar-refractivity contribution in [2.75, 3.05) is 13.7 Å². The molecular weight excluding hydrogens is 479 g/mol. The molecule has 1 aliphatic heterocycles. The molecule has 0 aliphatic carbocycles. The van der Waals surface area contributed by atoms with Crippen molar-refractivity contribution in [1.29, 1.82) is 0 Å². The molecule has 0 saturated carbocycles. The summed E-state index contributed by atoms with van der Waals surface area (Å²) in [6, 6.07) is 6.89. The fourth-order valence-electron chi connectivity index (χ4n) is 4.56. The van der Waals surface area contributed by atoms with Gasteiger partial charge in [-0.2, -0.15) is 0 Å². The van der Waals surface area contributed by atoms with Gasteiger partial charge in [0.2, 0.25) is 0 Å². The summed E-state index contributed by atoms with van der Waals surface area (Å²) in [5.41, 5.74) is 0.765. The van der Waals surface area contributed by atoms with Crippen LogP contribution in [0.3, 0.4) is 0 Å². The maximum atomic E-state index is 13.3. The van der Waals surface area contributed by atoms with Crippen molar-refractivity contribution in [3.8, 4) is 11.5 Å². The number of esters is 1. The van der Waals surface area contributed by atoms with Crippen molar-refractivity contribution in [3.05, 3.63) is 53.6 Å². The van der Waals surface area contributed by atoms with Crippen LogP contribution in [0, 0.1) is 17.7 Å². The largest absolute Gasteiger partial charge is 0.503 e. The number of carbonyl (C=O) groups is 2. The Kier molecular flexibility index (Phi) is 10.3. The van der Waals surface area contributed by atoms with Crippen LogP contribution in [0.5, 0.6) is 11.5 Å². The number of carbonyl (C=O) groups excluding carboxylic acids is 2. The highest BCUT2D eigenvalue weighted by Crippen LogP contribution is 2.30. The summed E-state index contributed by atoms with van der Waals surface area (Å²) in [7, 11) is 1.37. The molecule has 2 N–H and O–H groups in total. The van der Waals surface area contributed by atoms with Gasteiger partial charge in [-0.3, -0.25) is 4.79 Å². The number of amides is 1. The summed E-state index contributed by atoms with van der Waals surface area (Å²) >= 11 is 0. The molecule has 0 bridgehead atoms. The Morgan fingerprint density at radius 3 is 2.65 bits per heavy atom. The number of nitrogens with one attached hydrogen (secondary N) is 1. The first-order valence-corrected chi connectivity index (χ1v) is 12.8. The van der Waals surface area contributed by atoms with Crippen LogP contribution in [0.25, 0.3) is 0 Å². The zero-order valence-corrected chi connectivity index (χ0v) is 21.9. The van der Waals surface area contributed by atoms with Crippen LogP contribution in [0.1, 0.15) is 62.5 Å². The average Bonchev–Trinajstić information content (AvgIpc) is 2.91. The second-order valence-electron chi connectivity index (χ2n) is 9.88. The fourth-order valence-corrected chi connectivity index (χ4v) is 4.56. The lowest BCUT2D eigenvalue weighted by Gasteiger charge is -2.31. The maximum Gasteiger partial charge on any atom is 0.329 e. The van der Waals surface area contributed by atoms with E-state index in [1.54, 1.807) is 12.1 Å². The Balaban J connectivity index is 1.74. The fraction of sp³-hybridized carbons (Fsp3) is 0.536. The number of hydrogen-bond donors (Lipinski definition) is 2. The molecule has 2 heterocycles. The van der Waals surface area contributed by atoms with E-state index in [1.807, 2.05) is 6.92 Å². The molecule has 37 heavy (non-hydrogen) atoms. The Morgan fingerprint density at radius 1 is 1.24 bits per heavy atom. The summed E-state index contributed by atoms with van der Waals surface area (Å²) in [6.45, 7) is 6.38. The summed E-state index contributed by atoms with van der Waals surface area (Å²) in [4.78, 5) is 29.8.